The number of hydrogen-bond acceptors (Lipinski definition) is 5. The molecule has 3 rings (SSSR count). The smallest absolute Gasteiger partial charge is 0.262 e. The Hall–Kier alpha value is -2.15. The van der Waals surface area contributed by atoms with Crippen molar-refractivity contribution in [1.82, 2.24) is 9.97 Å². The number of ether oxygens (including phenoxy) is 1. The van der Waals surface area contributed by atoms with E-state index in [1.165, 1.54) is 6.42 Å². The van der Waals surface area contributed by atoms with Crippen LogP contribution >= 0.6 is 15.9 Å². The van der Waals surface area contributed by atoms with Crippen LogP contribution in [0.4, 0.5) is 11.6 Å². The Bertz CT molecular complexity index is 730. The van der Waals surface area contributed by atoms with Gasteiger partial charge in [-0.1, -0.05) is 15.9 Å². The van der Waals surface area contributed by atoms with Gasteiger partial charge in [0.2, 0.25) is 11.8 Å². The van der Waals surface area contributed by atoms with E-state index in [2.05, 4.69) is 36.1 Å². The van der Waals surface area contributed by atoms with E-state index in [4.69, 9.17) is 4.74 Å². The standard InChI is InChI=1S/C18H21BrN4O2/c1-13-11-17(22-18(20-13)23-9-3-2-4-10-23)25-12-16(24)21-15-7-5-14(19)6-8-15/h5-8,11H,2-4,9-10,12H2,1H3,(H,21,24). The predicted molar refractivity (Wildman–Crippen MR) is 101 cm³/mol. The molecule has 0 saturated carbocycles. The molecular formula is C18H21BrN4O2. The van der Waals surface area contributed by atoms with E-state index in [0.29, 0.717) is 11.8 Å². The van der Waals surface area contributed by atoms with Crippen LogP contribution in [0, 0.1) is 6.92 Å². The van der Waals surface area contributed by atoms with Crippen molar-refractivity contribution in [2.75, 3.05) is 29.9 Å². The summed E-state index contributed by atoms with van der Waals surface area (Å²) in [6.07, 6.45) is 3.56. The zero-order valence-electron chi connectivity index (χ0n) is 14.2. The molecule has 1 fully saturated rings. The number of halogens is 1. The average molecular weight is 405 g/mol. The second-order valence-corrected chi connectivity index (χ2v) is 6.95. The topological polar surface area (TPSA) is 67.3 Å². The number of aryl methyl sites for hydroxylation is 1. The number of benzene rings is 1. The lowest BCUT2D eigenvalue weighted by molar-refractivity contribution is -0.118. The van der Waals surface area contributed by atoms with Gasteiger partial charge in [0.05, 0.1) is 0 Å². The lowest BCUT2D eigenvalue weighted by atomic mass is 10.1. The molecule has 0 aliphatic carbocycles. The van der Waals surface area contributed by atoms with E-state index in [-0.39, 0.29) is 12.5 Å². The van der Waals surface area contributed by atoms with Crippen molar-refractivity contribution in [3.8, 4) is 5.88 Å². The van der Waals surface area contributed by atoms with Gasteiger partial charge in [-0.25, -0.2) is 4.98 Å². The number of hydrogen-bond donors (Lipinski definition) is 1. The van der Waals surface area contributed by atoms with Crippen LogP contribution in [0.2, 0.25) is 0 Å². The number of aromatic nitrogens is 2. The minimum absolute atomic E-state index is 0.0913. The van der Waals surface area contributed by atoms with E-state index in [1.54, 1.807) is 6.07 Å². The number of amides is 1. The third kappa shape index (κ3) is 5.16. The minimum Gasteiger partial charge on any atom is -0.467 e. The van der Waals surface area contributed by atoms with Crippen molar-refractivity contribution in [3.05, 3.63) is 40.5 Å². The molecule has 1 aliphatic heterocycles. The summed E-state index contributed by atoms with van der Waals surface area (Å²) in [6, 6.07) is 9.14. The Morgan fingerprint density at radius 3 is 2.64 bits per heavy atom. The number of carbonyl (C=O) groups is 1. The molecule has 1 saturated heterocycles. The summed E-state index contributed by atoms with van der Waals surface area (Å²) in [6.45, 7) is 3.75. The van der Waals surface area contributed by atoms with Crippen molar-refractivity contribution >= 4 is 33.5 Å². The van der Waals surface area contributed by atoms with Gasteiger partial charge in [-0.15, -0.1) is 0 Å². The third-order valence-electron chi connectivity index (χ3n) is 3.94. The maximum absolute atomic E-state index is 12.0. The van der Waals surface area contributed by atoms with Crippen molar-refractivity contribution in [3.63, 3.8) is 0 Å². The normalized spacial score (nSPS) is 14.2. The quantitative estimate of drug-likeness (QED) is 0.824. The van der Waals surface area contributed by atoms with Crippen LogP contribution in [0.25, 0.3) is 0 Å². The molecule has 1 N–H and O–H groups in total. The van der Waals surface area contributed by atoms with Crippen LogP contribution < -0.4 is 15.0 Å². The molecule has 0 radical (unpaired) electrons. The monoisotopic (exact) mass is 404 g/mol. The molecule has 2 heterocycles. The first kappa shape index (κ1) is 17.7. The highest BCUT2D eigenvalue weighted by molar-refractivity contribution is 9.10. The Labute approximate surface area is 155 Å². The highest BCUT2D eigenvalue weighted by atomic mass is 79.9. The van der Waals surface area contributed by atoms with E-state index in [0.717, 1.165) is 41.8 Å². The largest absolute Gasteiger partial charge is 0.467 e. The zero-order valence-corrected chi connectivity index (χ0v) is 15.8. The molecule has 0 atom stereocenters. The molecule has 0 unspecified atom stereocenters. The number of nitrogens with one attached hydrogen (secondary N) is 1. The SMILES string of the molecule is Cc1cc(OCC(=O)Nc2ccc(Br)cc2)nc(N2CCCCC2)n1. The maximum atomic E-state index is 12.0. The van der Waals surface area contributed by atoms with Gasteiger partial charge in [0, 0.05) is 35.0 Å². The molecule has 2 aromatic rings. The van der Waals surface area contributed by atoms with Crippen molar-refractivity contribution in [2.45, 2.75) is 26.2 Å². The Morgan fingerprint density at radius 2 is 1.92 bits per heavy atom. The van der Waals surface area contributed by atoms with Gasteiger partial charge in [-0.2, -0.15) is 4.98 Å². The number of carbonyl (C=O) groups excluding carboxylic acids is 1. The summed E-state index contributed by atoms with van der Waals surface area (Å²) in [7, 11) is 0. The molecule has 25 heavy (non-hydrogen) atoms. The molecular weight excluding hydrogens is 384 g/mol. The number of anilines is 2. The molecule has 1 aliphatic rings. The van der Waals surface area contributed by atoms with Gasteiger partial charge >= 0.3 is 0 Å². The van der Waals surface area contributed by atoms with E-state index >= 15 is 0 Å². The van der Waals surface area contributed by atoms with Crippen LogP contribution in [-0.2, 0) is 4.79 Å². The number of piperidine rings is 1. The first-order valence-corrected chi connectivity index (χ1v) is 9.18. The van der Waals surface area contributed by atoms with Crippen LogP contribution in [0.5, 0.6) is 5.88 Å². The van der Waals surface area contributed by atoms with E-state index in [1.807, 2.05) is 31.2 Å². The van der Waals surface area contributed by atoms with Crippen LogP contribution in [0.1, 0.15) is 25.0 Å². The highest BCUT2D eigenvalue weighted by Crippen LogP contribution is 2.19. The molecule has 7 heteroatoms. The zero-order chi connectivity index (χ0) is 17.6. The van der Waals surface area contributed by atoms with Gasteiger partial charge in [0.1, 0.15) is 0 Å². The summed E-state index contributed by atoms with van der Waals surface area (Å²) in [4.78, 5) is 23.2. The fourth-order valence-corrected chi connectivity index (χ4v) is 2.97. The van der Waals surface area contributed by atoms with Gasteiger partial charge in [-0.05, 0) is 50.5 Å². The number of nitrogens with zero attached hydrogens (tertiary/aromatic N) is 3. The van der Waals surface area contributed by atoms with Gasteiger partial charge in [0.15, 0.2) is 6.61 Å². The summed E-state index contributed by atoms with van der Waals surface area (Å²) < 4.78 is 6.54. The maximum Gasteiger partial charge on any atom is 0.262 e. The molecule has 0 bridgehead atoms. The first-order valence-electron chi connectivity index (χ1n) is 8.39. The summed E-state index contributed by atoms with van der Waals surface area (Å²) in [5.41, 5.74) is 1.56. The highest BCUT2D eigenvalue weighted by Gasteiger charge is 2.15. The van der Waals surface area contributed by atoms with Crippen molar-refractivity contribution in [2.24, 2.45) is 0 Å². The van der Waals surface area contributed by atoms with Gasteiger partial charge < -0.3 is 15.0 Å². The number of rotatable bonds is 5. The Morgan fingerprint density at radius 1 is 1.20 bits per heavy atom. The fourth-order valence-electron chi connectivity index (χ4n) is 2.70. The second kappa shape index (κ2) is 8.29. The lowest BCUT2D eigenvalue weighted by Crippen LogP contribution is -2.31. The summed E-state index contributed by atoms with van der Waals surface area (Å²) in [5.74, 6) is 0.889. The van der Waals surface area contributed by atoms with E-state index in [9.17, 15) is 4.79 Å². The van der Waals surface area contributed by atoms with Gasteiger partial charge in [0.25, 0.3) is 5.91 Å². The molecule has 132 valence electrons. The predicted octanol–water partition coefficient (Wildman–Crippen LogP) is 3.56. The molecule has 1 aromatic carbocycles. The van der Waals surface area contributed by atoms with E-state index < -0.39 is 0 Å². The summed E-state index contributed by atoms with van der Waals surface area (Å²) in [5, 5.41) is 2.79. The second-order valence-electron chi connectivity index (χ2n) is 6.04. The van der Waals surface area contributed by atoms with Crippen LogP contribution in [-0.4, -0.2) is 35.6 Å². The van der Waals surface area contributed by atoms with Crippen LogP contribution in [0.3, 0.4) is 0 Å². The Balaban J connectivity index is 1.59. The summed E-state index contributed by atoms with van der Waals surface area (Å²) >= 11 is 3.36. The van der Waals surface area contributed by atoms with Crippen molar-refractivity contribution in [1.29, 1.82) is 0 Å². The molecule has 0 spiro atoms. The molecule has 6 nitrogen and oxygen atoms in total. The first-order chi connectivity index (χ1) is 12.1. The fraction of sp³-hybridized carbons (Fsp3) is 0.389. The molecule has 1 amide bonds. The van der Waals surface area contributed by atoms with Crippen molar-refractivity contribution < 1.29 is 9.53 Å². The lowest BCUT2D eigenvalue weighted by Gasteiger charge is -2.26. The molecule has 1 aromatic heterocycles. The van der Waals surface area contributed by atoms with Gasteiger partial charge in [-0.3, -0.25) is 4.79 Å². The minimum atomic E-state index is -0.224. The average Bonchev–Trinajstić information content (AvgIpc) is 2.62. The van der Waals surface area contributed by atoms with Crippen LogP contribution in [0.15, 0.2) is 34.8 Å². The third-order valence-corrected chi connectivity index (χ3v) is 4.47. The Kier molecular flexibility index (Phi) is 5.86.